The summed E-state index contributed by atoms with van der Waals surface area (Å²) >= 11 is 1.62. The van der Waals surface area contributed by atoms with Crippen molar-refractivity contribution in [2.45, 2.75) is 48.6 Å². The van der Waals surface area contributed by atoms with E-state index in [1.807, 2.05) is 48.5 Å². The average molecular weight is 395 g/mol. The summed E-state index contributed by atoms with van der Waals surface area (Å²) in [5, 5.41) is 3.28. The van der Waals surface area contributed by atoms with Crippen molar-refractivity contribution in [1.29, 1.82) is 0 Å². The van der Waals surface area contributed by atoms with E-state index in [2.05, 4.69) is 17.1 Å². The highest BCUT2D eigenvalue weighted by Crippen LogP contribution is 2.32. The number of rotatable bonds is 5. The molecule has 0 radical (unpaired) electrons. The number of benzene rings is 2. The number of nitrogens with zero attached hydrogens (tertiary/aromatic N) is 1. The Labute approximate surface area is 170 Å². The molecule has 1 amide bonds. The van der Waals surface area contributed by atoms with Gasteiger partial charge >= 0.3 is 0 Å². The van der Waals surface area contributed by atoms with Gasteiger partial charge in [-0.25, -0.2) is 0 Å². The van der Waals surface area contributed by atoms with Gasteiger partial charge in [-0.1, -0.05) is 23.9 Å². The van der Waals surface area contributed by atoms with Crippen molar-refractivity contribution in [1.82, 2.24) is 10.2 Å². The second kappa shape index (κ2) is 8.10. The van der Waals surface area contributed by atoms with E-state index in [1.54, 1.807) is 18.7 Å². The number of nitrogens with one attached hydrogen (secondary N) is 1. The molecule has 3 saturated heterocycles. The van der Waals surface area contributed by atoms with Gasteiger partial charge in [-0.05, 0) is 82.1 Å². The quantitative estimate of drug-likeness (QED) is 0.770. The third-order valence-electron chi connectivity index (χ3n) is 6.09. The molecule has 4 nitrogen and oxygen atoms in total. The first-order valence-electron chi connectivity index (χ1n) is 9.95. The van der Waals surface area contributed by atoms with Gasteiger partial charge in [0.2, 0.25) is 0 Å². The summed E-state index contributed by atoms with van der Waals surface area (Å²) in [6, 6.07) is 16.0. The Morgan fingerprint density at radius 2 is 1.46 bits per heavy atom. The molecule has 0 spiro atoms. The second-order valence-electron chi connectivity index (χ2n) is 7.82. The first kappa shape index (κ1) is 19.2. The van der Waals surface area contributed by atoms with Gasteiger partial charge in [-0.3, -0.25) is 14.5 Å². The fraction of sp³-hybridized carbons (Fsp3) is 0.391. The van der Waals surface area contributed by atoms with Crippen LogP contribution in [0.4, 0.5) is 0 Å². The molecule has 3 aliphatic rings. The molecule has 5 heteroatoms. The lowest BCUT2D eigenvalue weighted by atomic mass is 9.79. The van der Waals surface area contributed by atoms with Crippen molar-refractivity contribution in [3.63, 3.8) is 0 Å². The molecule has 3 heterocycles. The zero-order valence-electron chi connectivity index (χ0n) is 16.4. The fourth-order valence-electron chi connectivity index (χ4n) is 4.35. The van der Waals surface area contributed by atoms with Crippen LogP contribution in [0.1, 0.15) is 47.4 Å². The number of ketones is 1. The number of fused-ring (bicyclic) bond motifs is 3. The lowest BCUT2D eigenvalue weighted by molar-refractivity contribution is 0.0217. The topological polar surface area (TPSA) is 49.4 Å². The summed E-state index contributed by atoms with van der Waals surface area (Å²) in [5.74, 6) is 0.703. The number of Topliss-reactive ketones (excluding diaryl/α,β-unsaturated/α-hetero) is 1. The van der Waals surface area contributed by atoms with Crippen molar-refractivity contribution in [3.8, 4) is 0 Å². The van der Waals surface area contributed by atoms with Crippen molar-refractivity contribution in [2.24, 2.45) is 5.92 Å². The predicted octanol–water partition coefficient (Wildman–Crippen LogP) is 4.25. The van der Waals surface area contributed by atoms with E-state index in [1.165, 1.54) is 12.8 Å². The molecule has 0 aromatic heterocycles. The van der Waals surface area contributed by atoms with Crippen LogP contribution >= 0.6 is 11.8 Å². The highest BCUT2D eigenvalue weighted by atomic mass is 32.2. The van der Waals surface area contributed by atoms with Gasteiger partial charge in [0, 0.05) is 33.0 Å². The Bertz CT molecular complexity index is 853. The van der Waals surface area contributed by atoms with Crippen LogP contribution in [0.2, 0.25) is 0 Å². The molecular weight excluding hydrogens is 368 g/mol. The van der Waals surface area contributed by atoms with Crippen molar-refractivity contribution >= 4 is 23.5 Å². The Hall–Kier alpha value is -2.11. The van der Waals surface area contributed by atoms with Crippen LogP contribution in [0.5, 0.6) is 0 Å². The molecular formula is C23H26N2O2S. The minimum Gasteiger partial charge on any atom is -0.347 e. The van der Waals surface area contributed by atoms with E-state index in [0.29, 0.717) is 17.5 Å². The standard InChI is InChI=1S/C23H26N2O2S/c1-15-22(18-11-13-25(15)14-12-18)24-23(27)19-5-9-21(10-6-19)28-20-7-3-17(4-8-20)16(2)26/h3-10,15,18,22H,11-14H2,1-2H3,(H,24,27)/t15-,22+/m1/s1. The Kier molecular flexibility index (Phi) is 5.56. The molecule has 2 aromatic rings. The van der Waals surface area contributed by atoms with Crippen LogP contribution in [0.3, 0.4) is 0 Å². The highest BCUT2D eigenvalue weighted by molar-refractivity contribution is 7.99. The number of carbonyl (C=O) groups excluding carboxylic acids is 2. The summed E-state index contributed by atoms with van der Waals surface area (Å²) in [4.78, 5) is 28.7. The third-order valence-corrected chi connectivity index (χ3v) is 7.10. The molecule has 2 aromatic carbocycles. The third kappa shape index (κ3) is 4.01. The number of hydrogen-bond acceptors (Lipinski definition) is 4. The molecule has 2 atom stereocenters. The first-order chi connectivity index (χ1) is 13.5. The van der Waals surface area contributed by atoms with Crippen LogP contribution in [-0.4, -0.2) is 41.8 Å². The zero-order valence-corrected chi connectivity index (χ0v) is 17.2. The van der Waals surface area contributed by atoms with Crippen molar-refractivity contribution in [2.75, 3.05) is 13.1 Å². The molecule has 0 saturated carbocycles. The second-order valence-corrected chi connectivity index (χ2v) is 8.97. The Morgan fingerprint density at radius 3 is 1.96 bits per heavy atom. The molecule has 28 heavy (non-hydrogen) atoms. The van der Waals surface area contributed by atoms with Gasteiger partial charge in [0.15, 0.2) is 5.78 Å². The van der Waals surface area contributed by atoms with Crippen molar-refractivity contribution < 1.29 is 9.59 Å². The van der Waals surface area contributed by atoms with E-state index < -0.39 is 0 Å². The van der Waals surface area contributed by atoms with Gasteiger partial charge in [0.1, 0.15) is 0 Å². The minimum atomic E-state index is 0.0213. The normalized spacial score (nSPS) is 26.1. The SMILES string of the molecule is CC(=O)c1ccc(Sc2ccc(C(=O)N[C@@H]3C4CCN(CC4)[C@@H]3C)cc2)cc1. The zero-order chi connectivity index (χ0) is 19.7. The fourth-order valence-corrected chi connectivity index (χ4v) is 5.16. The molecule has 3 fully saturated rings. The van der Waals surface area contributed by atoms with E-state index in [-0.39, 0.29) is 17.7 Å². The van der Waals surface area contributed by atoms with E-state index in [4.69, 9.17) is 0 Å². The summed E-state index contributed by atoms with van der Waals surface area (Å²) in [6.45, 7) is 6.13. The molecule has 5 rings (SSSR count). The minimum absolute atomic E-state index is 0.0213. The van der Waals surface area contributed by atoms with Crippen LogP contribution in [0.15, 0.2) is 58.3 Å². The monoisotopic (exact) mass is 394 g/mol. The number of carbonyl (C=O) groups is 2. The van der Waals surface area contributed by atoms with Gasteiger partial charge < -0.3 is 5.32 Å². The lowest BCUT2D eigenvalue weighted by Crippen LogP contribution is -2.62. The summed E-state index contributed by atoms with van der Waals surface area (Å²) < 4.78 is 0. The lowest BCUT2D eigenvalue weighted by Gasteiger charge is -2.49. The largest absolute Gasteiger partial charge is 0.347 e. The molecule has 0 unspecified atom stereocenters. The van der Waals surface area contributed by atoms with Crippen LogP contribution in [-0.2, 0) is 0 Å². The molecule has 3 aliphatic heterocycles. The predicted molar refractivity (Wildman–Crippen MR) is 112 cm³/mol. The van der Waals surface area contributed by atoms with Crippen LogP contribution < -0.4 is 5.32 Å². The number of amides is 1. The molecule has 0 aliphatic carbocycles. The number of hydrogen-bond donors (Lipinski definition) is 1. The maximum absolute atomic E-state index is 12.7. The Morgan fingerprint density at radius 1 is 0.929 bits per heavy atom. The van der Waals surface area contributed by atoms with Gasteiger partial charge in [0.25, 0.3) is 5.91 Å². The van der Waals surface area contributed by atoms with Gasteiger partial charge in [0.05, 0.1) is 0 Å². The van der Waals surface area contributed by atoms with Crippen LogP contribution in [0, 0.1) is 5.92 Å². The maximum Gasteiger partial charge on any atom is 0.251 e. The Balaban J connectivity index is 1.38. The van der Waals surface area contributed by atoms with Crippen LogP contribution in [0.25, 0.3) is 0 Å². The summed E-state index contributed by atoms with van der Waals surface area (Å²) in [5.41, 5.74) is 1.43. The van der Waals surface area contributed by atoms with E-state index in [0.717, 1.165) is 28.4 Å². The maximum atomic E-state index is 12.7. The van der Waals surface area contributed by atoms with Gasteiger partial charge in [-0.15, -0.1) is 0 Å². The summed E-state index contributed by atoms with van der Waals surface area (Å²) in [6.07, 6.45) is 2.38. The molecule has 1 N–H and O–H groups in total. The number of piperidine rings is 3. The van der Waals surface area contributed by atoms with E-state index in [9.17, 15) is 9.59 Å². The molecule has 146 valence electrons. The molecule has 2 bridgehead atoms. The average Bonchev–Trinajstić information content (AvgIpc) is 2.72. The summed E-state index contributed by atoms with van der Waals surface area (Å²) in [7, 11) is 0. The van der Waals surface area contributed by atoms with Gasteiger partial charge in [-0.2, -0.15) is 0 Å². The first-order valence-corrected chi connectivity index (χ1v) is 10.8. The van der Waals surface area contributed by atoms with Crippen molar-refractivity contribution in [3.05, 3.63) is 59.7 Å². The van der Waals surface area contributed by atoms with E-state index >= 15 is 0 Å². The highest BCUT2D eigenvalue weighted by Gasteiger charge is 2.40. The smallest absolute Gasteiger partial charge is 0.251 e.